The van der Waals surface area contributed by atoms with Gasteiger partial charge in [0.1, 0.15) is 0 Å². The van der Waals surface area contributed by atoms with Crippen LogP contribution in [0.4, 0.5) is 15.8 Å². The van der Waals surface area contributed by atoms with Crippen LogP contribution in [0, 0.1) is 15.9 Å². The van der Waals surface area contributed by atoms with Gasteiger partial charge in [0.25, 0.3) is 5.69 Å². The van der Waals surface area contributed by atoms with E-state index in [1.54, 1.807) is 12.1 Å². The summed E-state index contributed by atoms with van der Waals surface area (Å²) in [7, 11) is -2.55. The minimum Gasteiger partial charge on any atom is -0.494 e. The van der Waals surface area contributed by atoms with Crippen molar-refractivity contribution in [3.05, 3.63) is 93.8 Å². The first-order valence-electron chi connectivity index (χ1n) is 11.4. The Hall–Kier alpha value is -3.54. The number of piperazine rings is 1. The lowest BCUT2D eigenvalue weighted by Gasteiger charge is -2.35. The first-order chi connectivity index (χ1) is 17.3. The van der Waals surface area contributed by atoms with Crippen LogP contribution in [0.25, 0.3) is 0 Å². The molecule has 3 aromatic carbocycles. The summed E-state index contributed by atoms with van der Waals surface area (Å²) in [5.41, 5.74) is 2.44. The van der Waals surface area contributed by atoms with Crippen LogP contribution >= 0.6 is 0 Å². The summed E-state index contributed by atoms with van der Waals surface area (Å²) in [5.74, 6) is -0.762. The van der Waals surface area contributed by atoms with Crippen LogP contribution in [-0.4, -0.2) is 50.9 Å². The monoisotopic (exact) mass is 514 g/mol. The number of rotatable bonds is 9. The van der Waals surface area contributed by atoms with Crippen molar-refractivity contribution in [3.8, 4) is 5.75 Å². The van der Waals surface area contributed by atoms with Gasteiger partial charge in [-0.3, -0.25) is 10.1 Å². The van der Waals surface area contributed by atoms with E-state index in [-0.39, 0.29) is 29.4 Å². The summed E-state index contributed by atoms with van der Waals surface area (Å²) in [4.78, 5) is 13.0. The Balaban J connectivity index is 1.44. The van der Waals surface area contributed by atoms with Gasteiger partial charge in [-0.1, -0.05) is 30.3 Å². The molecule has 1 aliphatic rings. The van der Waals surface area contributed by atoms with Crippen molar-refractivity contribution in [2.75, 3.05) is 38.2 Å². The standard InChI is InChI=1S/C25H27FN4O5S/c1-35-25-10-8-22(16-23(25)26)36(33,34)29-13-11-28(12-14-29)21-7-9-24(30(31)32)20(15-21)18-27-17-19-5-3-2-4-6-19/h2-10,15-16,27H,11-14,17-18H2,1H3. The van der Waals surface area contributed by atoms with Gasteiger partial charge in [-0.05, 0) is 35.9 Å². The van der Waals surface area contributed by atoms with Gasteiger partial charge in [0, 0.05) is 56.6 Å². The number of nitrogens with one attached hydrogen (secondary N) is 1. The largest absolute Gasteiger partial charge is 0.494 e. The van der Waals surface area contributed by atoms with E-state index in [1.165, 1.54) is 29.6 Å². The summed E-state index contributed by atoms with van der Waals surface area (Å²) >= 11 is 0. The molecular weight excluding hydrogens is 487 g/mol. The number of nitro benzene ring substituents is 1. The molecule has 1 N–H and O–H groups in total. The molecular formula is C25H27FN4O5S. The Morgan fingerprint density at radius 3 is 2.36 bits per heavy atom. The first-order valence-corrected chi connectivity index (χ1v) is 12.8. The molecule has 190 valence electrons. The van der Waals surface area contributed by atoms with Crippen LogP contribution in [0.1, 0.15) is 11.1 Å². The zero-order chi connectivity index (χ0) is 25.7. The third-order valence-electron chi connectivity index (χ3n) is 6.11. The highest BCUT2D eigenvalue weighted by molar-refractivity contribution is 7.89. The molecule has 0 unspecified atom stereocenters. The molecule has 0 bridgehead atoms. The minimum atomic E-state index is -3.87. The third kappa shape index (κ3) is 5.64. The molecule has 1 saturated heterocycles. The van der Waals surface area contributed by atoms with Crippen molar-refractivity contribution in [1.82, 2.24) is 9.62 Å². The zero-order valence-electron chi connectivity index (χ0n) is 19.8. The zero-order valence-corrected chi connectivity index (χ0v) is 20.6. The van der Waals surface area contributed by atoms with Crippen LogP contribution < -0.4 is 15.0 Å². The normalized spacial score (nSPS) is 14.6. The lowest BCUT2D eigenvalue weighted by atomic mass is 10.1. The van der Waals surface area contributed by atoms with Crippen LogP contribution in [-0.2, 0) is 23.1 Å². The molecule has 0 amide bonds. The summed E-state index contributed by atoms with van der Waals surface area (Å²) < 4.78 is 46.3. The number of hydrogen-bond acceptors (Lipinski definition) is 7. The third-order valence-corrected chi connectivity index (χ3v) is 8.01. The van der Waals surface area contributed by atoms with Crippen molar-refractivity contribution in [2.45, 2.75) is 18.0 Å². The number of hydrogen-bond donors (Lipinski definition) is 1. The number of nitro groups is 1. The highest BCUT2D eigenvalue weighted by atomic mass is 32.2. The number of anilines is 1. The molecule has 0 aromatic heterocycles. The van der Waals surface area contributed by atoms with E-state index in [0.29, 0.717) is 31.7 Å². The van der Waals surface area contributed by atoms with E-state index >= 15 is 0 Å². The molecule has 36 heavy (non-hydrogen) atoms. The van der Waals surface area contributed by atoms with Gasteiger partial charge in [0.2, 0.25) is 10.0 Å². The van der Waals surface area contributed by atoms with Gasteiger partial charge >= 0.3 is 0 Å². The van der Waals surface area contributed by atoms with E-state index in [1.807, 2.05) is 35.2 Å². The molecule has 0 saturated carbocycles. The molecule has 1 heterocycles. The maximum atomic E-state index is 14.1. The molecule has 0 radical (unpaired) electrons. The average molecular weight is 515 g/mol. The Labute approximate surface area is 209 Å². The van der Waals surface area contributed by atoms with Crippen molar-refractivity contribution in [1.29, 1.82) is 0 Å². The number of nitrogens with zero attached hydrogens (tertiary/aromatic N) is 3. The van der Waals surface area contributed by atoms with Crippen molar-refractivity contribution in [3.63, 3.8) is 0 Å². The minimum absolute atomic E-state index is 0.0222. The summed E-state index contributed by atoms with van der Waals surface area (Å²) in [5, 5.41) is 14.8. The van der Waals surface area contributed by atoms with Crippen LogP contribution in [0.15, 0.2) is 71.6 Å². The molecule has 0 spiro atoms. The van der Waals surface area contributed by atoms with E-state index in [0.717, 1.165) is 17.3 Å². The summed E-state index contributed by atoms with van der Waals surface area (Å²) in [6, 6.07) is 18.3. The number of benzene rings is 3. The second-order valence-electron chi connectivity index (χ2n) is 8.35. The fraction of sp³-hybridized carbons (Fsp3) is 0.280. The topological polar surface area (TPSA) is 105 Å². The number of ether oxygens (including phenoxy) is 1. The quantitative estimate of drug-likeness (QED) is 0.344. The summed E-state index contributed by atoms with van der Waals surface area (Å²) in [6.07, 6.45) is 0. The fourth-order valence-corrected chi connectivity index (χ4v) is 5.60. The smallest absolute Gasteiger partial charge is 0.274 e. The molecule has 4 rings (SSSR count). The Morgan fingerprint density at radius 2 is 1.72 bits per heavy atom. The van der Waals surface area contributed by atoms with Crippen LogP contribution in [0.5, 0.6) is 5.75 Å². The SMILES string of the molecule is COc1ccc(S(=O)(=O)N2CCN(c3ccc([N+](=O)[O-])c(CNCc4ccccc4)c3)CC2)cc1F. The van der Waals surface area contributed by atoms with Crippen molar-refractivity contribution >= 4 is 21.4 Å². The Bertz CT molecular complexity index is 1330. The Kier molecular flexibility index (Phi) is 7.82. The maximum Gasteiger partial charge on any atom is 0.274 e. The van der Waals surface area contributed by atoms with Crippen LogP contribution in [0.2, 0.25) is 0 Å². The molecule has 9 nitrogen and oxygen atoms in total. The van der Waals surface area contributed by atoms with Gasteiger partial charge in [0.15, 0.2) is 11.6 Å². The lowest BCUT2D eigenvalue weighted by Crippen LogP contribution is -2.48. The molecule has 0 atom stereocenters. The van der Waals surface area contributed by atoms with Crippen LogP contribution in [0.3, 0.4) is 0 Å². The second-order valence-corrected chi connectivity index (χ2v) is 10.3. The summed E-state index contributed by atoms with van der Waals surface area (Å²) in [6.45, 7) is 2.09. The van der Waals surface area contributed by atoms with Gasteiger partial charge in [-0.25, -0.2) is 12.8 Å². The second kappa shape index (κ2) is 11.0. The number of methoxy groups -OCH3 is 1. The Morgan fingerprint density at radius 1 is 1.00 bits per heavy atom. The number of halogens is 1. The van der Waals surface area contributed by atoms with Gasteiger partial charge < -0.3 is 15.0 Å². The molecule has 3 aromatic rings. The average Bonchev–Trinajstić information content (AvgIpc) is 2.89. The highest BCUT2D eigenvalue weighted by Crippen LogP contribution is 2.28. The fourth-order valence-electron chi connectivity index (χ4n) is 4.17. The van der Waals surface area contributed by atoms with Crippen molar-refractivity contribution in [2.24, 2.45) is 0 Å². The number of sulfonamides is 1. The predicted octanol–water partition coefficient (Wildman–Crippen LogP) is 3.54. The molecule has 11 heteroatoms. The van der Waals surface area contributed by atoms with E-state index < -0.39 is 20.8 Å². The lowest BCUT2D eigenvalue weighted by molar-refractivity contribution is -0.385. The van der Waals surface area contributed by atoms with E-state index in [2.05, 4.69) is 5.32 Å². The van der Waals surface area contributed by atoms with Gasteiger partial charge in [0.05, 0.1) is 16.9 Å². The van der Waals surface area contributed by atoms with Crippen molar-refractivity contribution < 1.29 is 22.5 Å². The first kappa shape index (κ1) is 25.5. The molecule has 1 fully saturated rings. The molecule has 1 aliphatic heterocycles. The van der Waals surface area contributed by atoms with E-state index in [9.17, 15) is 22.9 Å². The van der Waals surface area contributed by atoms with Gasteiger partial charge in [-0.15, -0.1) is 0 Å². The maximum absolute atomic E-state index is 14.1. The van der Waals surface area contributed by atoms with Gasteiger partial charge in [-0.2, -0.15) is 4.31 Å². The predicted molar refractivity (Wildman–Crippen MR) is 134 cm³/mol. The van der Waals surface area contributed by atoms with E-state index in [4.69, 9.17) is 4.74 Å². The molecule has 0 aliphatic carbocycles. The highest BCUT2D eigenvalue weighted by Gasteiger charge is 2.30.